The van der Waals surface area contributed by atoms with Crippen molar-refractivity contribution in [1.82, 2.24) is 0 Å². The van der Waals surface area contributed by atoms with Crippen molar-refractivity contribution in [2.45, 2.75) is 0 Å². The number of rotatable bonds is 2. The zero-order valence-electron chi connectivity index (χ0n) is 7.84. The maximum atomic E-state index is 13.3. The molecule has 0 fully saturated rings. The second-order valence-corrected chi connectivity index (χ2v) is 3.47. The van der Waals surface area contributed by atoms with Crippen LogP contribution in [0.25, 0.3) is 10.8 Å². The van der Waals surface area contributed by atoms with Gasteiger partial charge in [-0.2, -0.15) is 0 Å². The maximum absolute atomic E-state index is 13.3. The molecular formula is C10H4AlF3O2. The quantitative estimate of drug-likeness (QED) is 0.754. The van der Waals surface area contributed by atoms with Crippen LogP contribution in [0.1, 0.15) is 0 Å². The van der Waals surface area contributed by atoms with Crippen molar-refractivity contribution < 1.29 is 20.8 Å². The number of benzene rings is 2. The van der Waals surface area contributed by atoms with E-state index >= 15 is 0 Å². The molecule has 6 heteroatoms. The molecule has 0 aliphatic heterocycles. The zero-order chi connectivity index (χ0) is 11.7. The number of fused-ring (bicyclic) bond motifs is 1. The van der Waals surface area contributed by atoms with Crippen LogP contribution in [0.4, 0.5) is 13.2 Å². The first-order valence-electron chi connectivity index (χ1n) is 4.31. The van der Waals surface area contributed by atoms with E-state index in [1.807, 2.05) is 0 Å². The van der Waals surface area contributed by atoms with Gasteiger partial charge in [-0.05, 0) is 0 Å². The van der Waals surface area contributed by atoms with Crippen LogP contribution >= 0.6 is 0 Å². The summed E-state index contributed by atoms with van der Waals surface area (Å²) in [5.74, 6) is -3.24. The molecule has 0 radical (unpaired) electrons. The van der Waals surface area contributed by atoms with Gasteiger partial charge in [-0.3, -0.25) is 0 Å². The van der Waals surface area contributed by atoms with E-state index in [0.29, 0.717) is 0 Å². The summed E-state index contributed by atoms with van der Waals surface area (Å²) in [5, 5.41) is -0.437. The van der Waals surface area contributed by atoms with Gasteiger partial charge in [-0.15, -0.1) is 0 Å². The van der Waals surface area contributed by atoms with Crippen LogP contribution in [0.15, 0.2) is 24.3 Å². The molecule has 80 valence electrons. The first kappa shape index (κ1) is 11.1. The Morgan fingerprint density at radius 1 is 1.00 bits per heavy atom. The first-order valence-corrected chi connectivity index (χ1v) is 5.26. The third-order valence-electron chi connectivity index (χ3n) is 2.16. The number of halogens is 3. The summed E-state index contributed by atoms with van der Waals surface area (Å²) in [6, 6.07) is 4.21. The summed E-state index contributed by atoms with van der Waals surface area (Å²) in [7, 11) is 0. The molecule has 0 aromatic heterocycles. The molecule has 2 rings (SSSR count). The number of hydrogen-bond acceptors (Lipinski definition) is 2. The van der Waals surface area contributed by atoms with Crippen LogP contribution in [-0.2, 0) is 3.80 Å². The van der Waals surface area contributed by atoms with Crippen LogP contribution in [-0.4, -0.2) is 15.5 Å². The summed E-state index contributed by atoms with van der Waals surface area (Å²) in [6.45, 7) is 0. The fourth-order valence-corrected chi connectivity index (χ4v) is 1.78. The van der Waals surface area contributed by atoms with Gasteiger partial charge in [-0.25, -0.2) is 0 Å². The minimum atomic E-state index is -1.55. The standard InChI is InChI=1S/C10H5F3O.Al.O/c11-6-3-4-8(14)5-1-2-7(12)10(13)9(5)6;;/h1-4,14H;;/q;+1;/p-1. The van der Waals surface area contributed by atoms with Crippen LogP contribution in [0.5, 0.6) is 5.75 Å². The van der Waals surface area contributed by atoms with E-state index < -0.39 is 38.3 Å². The van der Waals surface area contributed by atoms with Crippen LogP contribution in [0, 0.1) is 17.5 Å². The fourth-order valence-electron chi connectivity index (χ4n) is 1.47. The van der Waals surface area contributed by atoms with Gasteiger partial charge >= 0.3 is 94.5 Å². The summed E-state index contributed by atoms with van der Waals surface area (Å²) >= 11 is -1.55. The van der Waals surface area contributed by atoms with E-state index in [2.05, 4.69) is 0 Å². The van der Waals surface area contributed by atoms with E-state index in [4.69, 9.17) is 3.79 Å². The second kappa shape index (κ2) is 4.24. The predicted octanol–water partition coefficient (Wildman–Crippen LogP) is 2.60. The van der Waals surface area contributed by atoms with Crippen LogP contribution < -0.4 is 3.79 Å². The van der Waals surface area contributed by atoms with E-state index in [0.717, 1.165) is 12.1 Å². The first-order chi connectivity index (χ1) is 7.65. The molecule has 0 N–H and O–H groups in total. The molecule has 2 nitrogen and oxygen atoms in total. The Morgan fingerprint density at radius 2 is 1.69 bits per heavy atom. The molecule has 0 atom stereocenters. The van der Waals surface area contributed by atoms with Gasteiger partial charge in [0.25, 0.3) is 0 Å². The summed E-state index contributed by atoms with van der Waals surface area (Å²) < 4.78 is 54.7. The van der Waals surface area contributed by atoms with Crippen molar-refractivity contribution in [2.75, 3.05) is 0 Å². The Balaban J connectivity index is 2.85. The van der Waals surface area contributed by atoms with Crippen molar-refractivity contribution in [3.63, 3.8) is 0 Å². The monoisotopic (exact) mass is 240 g/mol. The van der Waals surface area contributed by atoms with Crippen molar-refractivity contribution in [2.24, 2.45) is 0 Å². The van der Waals surface area contributed by atoms with Gasteiger partial charge in [-0.1, -0.05) is 0 Å². The fraction of sp³-hybridized carbons (Fsp3) is 0. The molecule has 0 saturated heterocycles. The molecule has 2 aromatic rings. The minimum absolute atomic E-state index is 0.0576. The molecule has 0 aliphatic rings. The van der Waals surface area contributed by atoms with E-state index in [1.54, 1.807) is 0 Å². The summed E-state index contributed by atoms with van der Waals surface area (Å²) in [4.78, 5) is 0. The third-order valence-corrected chi connectivity index (χ3v) is 2.51. The summed E-state index contributed by atoms with van der Waals surface area (Å²) in [6.07, 6.45) is 0. The molecule has 0 spiro atoms. The Bertz CT molecular complexity index is 571. The van der Waals surface area contributed by atoms with E-state index in [9.17, 15) is 17.0 Å². The predicted molar refractivity (Wildman–Crippen MR) is 50.9 cm³/mol. The van der Waals surface area contributed by atoms with E-state index in [1.165, 1.54) is 12.1 Å². The third kappa shape index (κ3) is 1.71. The zero-order valence-corrected chi connectivity index (χ0v) is 8.99. The molecule has 0 amide bonds. The Kier molecular flexibility index (Phi) is 2.95. The van der Waals surface area contributed by atoms with Crippen molar-refractivity contribution in [3.8, 4) is 5.75 Å². The van der Waals surface area contributed by atoms with Crippen LogP contribution in [0.2, 0.25) is 0 Å². The van der Waals surface area contributed by atoms with Gasteiger partial charge < -0.3 is 0 Å². The van der Waals surface area contributed by atoms with Crippen molar-refractivity contribution in [3.05, 3.63) is 41.7 Å². The molecule has 0 aliphatic carbocycles. The van der Waals surface area contributed by atoms with Crippen molar-refractivity contribution >= 4 is 26.3 Å². The van der Waals surface area contributed by atoms with Gasteiger partial charge in [0.05, 0.1) is 0 Å². The summed E-state index contributed by atoms with van der Waals surface area (Å²) in [5.41, 5.74) is 0. The molecule has 0 unspecified atom stereocenters. The molecule has 2 aromatic carbocycles. The van der Waals surface area contributed by atoms with E-state index in [-0.39, 0.29) is 11.1 Å². The molecular weight excluding hydrogens is 236 g/mol. The van der Waals surface area contributed by atoms with Gasteiger partial charge in [0.1, 0.15) is 0 Å². The topological polar surface area (TPSA) is 26.3 Å². The normalized spacial score (nSPS) is 10.2. The van der Waals surface area contributed by atoms with Gasteiger partial charge in [0.2, 0.25) is 0 Å². The SMILES string of the molecule is [O]=[Al][O]c1ccc(F)c2c(F)c(F)ccc12. The molecule has 0 heterocycles. The Hall–Kier alpha value is -1.38. The van der Waals surface area contributed by atoms with Crippen LogP contribution in [0.3, 0.4) is 0 Å². The average molecular weight is 240 g/mol. The van der Waals surface area contributed by atoms with Gasteiger partial charge in [0.15, 0.2) is 0 Å². The van der Waals surface area contributed by atoms with Gasteiger partial charge in [0, 0.05) is 0 Å². The second-order valence-electron chi connectivity index (χ2n) is 3.04. The molecule has 0 saturated carbocycles. The molecule has 16 heavy (non-hydrogen) atoms. The molecule has 0 bridgehead atoms. The average Bonchev–Trinajstić information content (AvgIpc) is 2.27. The number of hydrogen-bond donors (Lipinski definition) is 0. The Labute approximate surface area is 94.9 Å². The Morgan fingerprint density at radius 3 is 2.38 bits per heavy atom. The van der Waals surface area contributed by atoms with Crippen molar-refractivity contribution in [1.29, 1.82) is 0 Å².